The predicted octanol–water partition coefficient (Wildman–Crippen LogP) is -4.33. The van der Waals surface area contributed by atoms with Crippen molar-refractivity contribution in [3.8, 4) is 0 Å². The van der Waals surface area contributed by atoms with Gasteiger partial charge in [0.05, 0.1) is 25.5 Å². The summed E-state index contributed by atoms with van der Waals surface area (Å²) in [6, 6.07) is -6.17. The summed E-state index contributed by atoms with van der Waals surface area (Å²) in [5.74, 6) is -6.03. The molecule has 0 aliphatic heterocycles. The van der Waals surface area contributed by atoms with Crippen LogP contribution in [-0.2, 0) is 30.4 Å². The van der Waals surface area contributed by atoms with E-state index >= 15 is 0 Å². The maximum absolute atomic E-state index is 12.7. The van der Waals surface area contributed by atoms with E-state index in [1.807, 2.05) is 0 Å². The molecule has 15 heteroatoms. The average molecular weight is 458 g/mol. The van der Waals surface area contributed by atoms with Crippen LogP contribution in [-0.4, -0.2) is 96.9 Å². The number of aromatic nitrogens is 2. The van der Waals surface area contributed by atoms with Crippen LogP contribution in [0.4, 0.5) is 0 Å². The van der Waals surface area contributed by atoms with Gasteiger partial charge in [-0.3, -0.25) is 19.2 Å². The zero-order valence-corrected chi connectivity index (χ0v) is 17.0. The molecule has 5 unspecified atom stereocenters. The highest BCUT2D eigenvalue weighted by molar-refractivity contribution is 5.95. The number of hydrogen-bond acceptors (Lipinski definition) is 9. The van der Waals surface area contributed by atoms with Crippen molar-refractivity contribution in [2.75, 3.05) is 6.61 Å². The highest BCUT2D eigenvalue weighted by Crippen LogP contribution is 2.04. The van der Waals surface area contributed by atoms with Gasteiger partial charge in [-0.15, -0.1) is 0 Å². The number of carboxylic acids is 2. The Morgan fingerprint density at radius 1 is 1.06 bits per heavy atom. The number of carbonyl (C=O) groups is 5. The smallest absolute Gasteiger partial charge is 0.328 e. The van der Waals surface area contributed by atoms with Crippen molar-refractivity contribution in [2.24, 2.45) is 5.73 Å². The number of aliphatic hydroxyl groups excluding tert-OH is 2. The van der Waals surface area contributed by atoms with Crippen LogP contribution in [0.3, 0.4) is 0 Å². The molecule has 0 bridgehead atoms. The van der Waals surface area contributed by atoms with Gasteiger partial charge in [0.2, 0.25) is 17.7 Å². The van der Waals surface area contributed by atoms with Crippen molar-refractivity contribution < 1.29 is 44.4 Å². The molecule has 3 amide bonds. The molecule has 5 atom stereocenters. The quantitative estimate of drug-likeness (QED) is 0.136. The number of nitrogens with two attached hydrogens (primary N) is 1. The van der Waals surface area contributed by atoms with Gasteiger partial charge in [0.25, 0.3) is 0 Å². The van der Waals surface area contributed by atoms with Crippen molar-refractivity contribution in [1.82, 2.24) is 25.9 Å². The van der Waals surface area contributed by atoms with Gasteiger partial charge in [-0.25, -0.2) is 9.78 Å². The third-order valence-corrected chi connectivity index (χ3v) is 4.20. The first-order chi connectivity index (χ1) is 15.0. The Balaban J connectivity index is 3.07. The van der Waals surface area contributed by atoms with Crippen molar-refractivity contribution in [3.63, 3.8) is 0 Å². The van der Waals surface area contributed by atoms with Crippen LogP contribution in [0, 0.1) is 0 Å². The summed E-state index contributed by atoms with van der Waals surface area (Å²) < 4.78 is 0. The van der Waals surface area contributed by atoms with Crippen LogP contribution in [0.15, 0.2) is 12.5 Å². The average Bonchev–Trinajstić information content (AvgIpc) is 3.22. The Morgan fingerprint density at radius 2 is 1.66 bits per heavy atom. The standard InChI is InChI=1S/C17H26N6O9/c1-7(25)13(17(31)32)23-16(30)10(2-8-4-19-6-20-8)22-15(29)11(3-12(26)27)21-14(28)9(18)5-24/h4,6-7,9-11,13,24-25H,2-3,5,18H2,1H3,(H,19,20)(H,21,28)(H,22,29)(H,23,30)(H,26,27)(H,31,32). The van der Waals surface area contributed by atoms with Gasteiger partial charge in [0.1, 0.15) is 18.1 Å². The van der Waals surface area contributed by atoms with Crippen molar-refractivity contribution in [3.05, 3.63) is 18.2 Å². The normalized spacial score (nSPS) is 15.5. The monoisotopic (exact) mass is 458 g/mol. The Bertz CT molecular complexity index is 813. The molecular formula is C17H26N6O9. The van der Waals surface area contributed by atoms with E-state index in [4.69, 9.17) is 21.1 Å². The molecule has 32 heavy (non-hydrogen) atoms. The second kappa shape index (κ2) is 12.3. The molecule has 0 radical (unpaired) electrons. The SMILES string of the molecule is CC(O)C(NC(=O)C(Cc1cnc[nH]1)NC(=O)C(CC(=O)O)NC(=O)C(N)CO)C(=O)O. The van der Waals surface area contributed by atoms with E-state index in [-0.39, 0.29) is 6.42 Å². The summed E-state index contributed by atoms with van der Waals surface area (Å²) in [5.41, 5.74) is 5.72. The maximum atomic E-state index is 12.7. The molecule has 0 aliphatic rings. The summed E-state index contributed by atoms with van der Waals surface area (Å²) in [6.45, 7) is 0.387. The Morgan fingerprint density at radius 3 is 2.12 bits per heavy atom. The summed E-state index contributed by atoms with van der Waals surface area (Å²) in [7, 11) is 0. The number of carbonyl (C=O) groups excluding carboxylic acids is 3. The molecule has 0 fully saturated rings. The number of amides is 3. The van der Waals surface area contributed by atoms with Gasteiger partial charge < -0.3 is 47.1 Å². The van der Waals surface area contributed by atoms with E-state index in [1.165, 1.54) is 12.5 Å². The molecule has 1 aromatic rings. The predicted molar refractivity (Wildman–Crippen MR) is 105 cm³/mol. The van der Waals surface area contributed by atoms with Crippen LogP contribution in [0.25, 0.3) is 0 Å². The minimum absolute atomic E-state index is 0.201. The molecule has 0 aliphatic carbocycles. The molecule has 1 heterocycles. The van der Waals surface area contributed by atoms with Crippen molar-refractivity contribution >= 4 is 29.7 Å². The van der Waals surface area contributed by atoms with Gasteiger partial charge in [0, 0.05) is 18.3 Å². The van der Waals surface area contributed by atoms with E-state index < -0.39 is 73.0 Å². The van der Waals surface area contributed by atoms with Gasteiger partial charge in [0.15, 0.2) is 6.04 Å². The summed E-state index contributed by atoms with van der Waals surface area (Å²) >= 11 is 0. The van der Waals surface area contributed by atoms with Crippen molar-refractivity contribution in [2.45, 2.75) is 50.0 Å². The van der Waals surface area contributed by atoms with Gasteiger partial charge in [-0.2, -0.15) is 0 Å². The number of carboxylic acid groups (broad SMARTS) is 2. The molecule has 15 nitrogen and oxygen atoms in total. The molecule has 0 saturated heterocycles. The Labute approximate surface area is 181 Å². The molecule has 0 saturated carbocycles. The van der Waals surface area contributed by atoms with Gasteiger partial charge >= 0.3 is 11.9 Å². The topological polar surface area (TPSA) is 257 Å². The number of H-pyrrole nitrogens is 1. The zero-order chi connectivity index (χ0) is 24.4. The van der Waals surface area contributed by atoms with Crippen LogP contribution < -0.4 is 21.7 Å². The molecule has 10 N–H and O–H groups in total. The fourth-order valence-electron chi connectivity index (χ4n) is 2.49. The first-order valence-electron chi connectivity index (χ1n) is 9.33. The fourth-order valence-corrected chi connectivity index (χ4v) is 2.49. The minimum atomic E-state index is -1.68. The largest absolute Gasteiger partial charge is 0.481 e. The van der Waals surface area contributed by atoms with Crippen LogP contribution in [0.1, 0.15) is 19.0 Å². The highest BCUT2D eigenvalue weighted by Gasteiger charge is 2.33. The number of nitrogens with one attached hydrogen (secondary N) is 4. The number of rotatable bonds is 13. The molecular weight excluding hydrogens is 432 g/mol. The van der Waals surface area contributed by atoms with Gasteiger partial charge in [-0.1, -0.05) is 0 Å². The number of imidazole rings is 1. The minimum Gasteiger partial charge on any atom is -0.481 e. The lowest BCUT2D eigenvalue weighted by Gasteiger charge is -2.25. The van der Waals surface area contributed by atoms with E-state index in [0.29, 0.717) is 5.69 Å². The summed E-state index contributed by atoms with van der Waals surface area (Å²) in [5, 5.41) is 43.1. The third kappa shape index (κ3) is 8.29. The molecule has 178 valence electrons. The van der Waals surface area contributed by atoms with E-state index in [1.54, 1.807) is 0 Å². The van der Waals surface area contributed by atoms with Crippen molar-refractivity contribution in [1.29, 1.82) is 0 Å². The van der Waals surface area contributed by atoms with E-state index in [9.17, 15) is 29.1 Å². The first kappa shape index (κ1) is 26.5. The third-order valence-electron chi connectivity index (χ3n) is 4.20. The van der Waals surface area contributed by atoms with Crippen LogP contribution in [0.2, 0.25) is 0 Å². The number of hydrogen-bond donors (Lipinski definition) is 9. The van der Waals surface area contributed by atoms with Crippen LogP contribution in [0.5, 0.6) is 0 Å². The first-order valence-corrected chi connectivity index (χ1v) is 9.33. The molecule has 0 aromatic carbocycles. The number of nitrogens with zero attached hydrogens (tertiary/aromatic N) is 1. The lowest BCUT2D eigenvalue weighted by atomic mass is 10.1. The lowest BCUT2D eigenvalue weighted by molar-refractivity contribution is -0.145. The zero-order valence-electron chi connectivity index (χ0n) is 17.0. The number of aliphatic hydroxyl groups is 2. The Hall–Kier alpha value is -3.56. The fraction of sp³-hybridized carbons (Fsp3) is 0.529. The summed E-state index contributed by atoms with van der Waals surface area (Å²) in [6.07, 6.45) is 0.116. The highest BCUT2D eigenvalue weighted by atomic mass is 16.4. The lowest BCUT2D eigenvalue weighted by Crippen LogP contribution is -2.59. The molecule has 1 aromatic heterocycles. The summed E-state index contributed by atoms with van der Waals surface area (Å²) in [4.78, 5) is 66.0. The number of aromatic amines is 1. The second-order valence-electron chi connectivity index (χ2n) is 6.86. The molecule has 1 rings (SSSR count). The molecule has 0 spiro atoms. The van der Waals surface area contributed by atoms with Gasteiger partial charge in [-0.05, 0) is 6.92 Å². The second-order valence-corrected chi connectivity index (χ2v) is 6.86. The van der Waals surface area contributed by atoms with E-state index in [0.717, 1.165) is 6.92 Å². The number of aliphatic carboxylic acids is 2. The Kier molecular flexibility index (Phi) is 10.2. The maximum Gasteiger partial charge on any atom is 0.328 e. The van der Waals surface area contributed by atoms with Crippen LogP contribution >= 0.6 is 0 Å². The van der Waals surface area contributed by atoms with E-state index in [2.05, 4.69) is 25.9 Å².